The van der Waals surface area contributed by atoms with Gasteiger partial charge in [0.2, 0.25) is 5.91 Å². The zero-order chi connectivity index (χ0) is 19.7. The van der Waals surface area contributed by atoms with E-state index in [0.717, 1.165) is 24.1 Å². The van der Waals surface area contributed by atoms with Crippen LogP contribution in [0.15, 0.2) is 48.5 Å². The van der Waals surface area contributed by atoms with E-state index in [0.29, 0.717) is 30.3 Å². The summed E-state index contributed by atoms with van der Waals surface area (Å²) in [5.41, 5.74) is 2.62. The lowest BCUT2D eigenvalue weighted by atomic mass is 10.0. The average Bonchev–Trinajstić information content (AvgIpc) is 2.71. The van der Waals surface area contributed by atoms with Crippen molar-refractivity contribution in [1.82, 2.24) is 4.90 Å². The van der Waals surface area contributed by atoms with Crippen molar-refractivity contribution in [3.8, 4) is 0 Å². The topological polar surface area (TPSA) is 60.9 Å². The molecule has 144 valence electrons. The SMILES string of the molecule is O=C1C(=O)N(c2cccc(Cl)c2)CCN1CC(=O)N1CCCc2ccccc21. The number of nitrogens with zero attached hydrogens (tertiary/aromatic N) is 3. The van der Waals surface area contributed by atoms with Gasteiger partial charge in [0.1, 0.15) is 6.54 Å². The number of hydrogen-bond donors (Lipinski definition) is 0. The second-order valence-corrected chi connectivity index (χ2v) is 7.38. The Morgan fingerprint density at radius 1 is 0.964 bits per heavy atom. The minimum atomic E-state index is -0.662. The first-order valence-corrected chi connectivity index (χ1v) is 9.67. The second kappa shape index (κ2) is 7.64. The van der Waals surface area contributed by atoms with Crippen LogP contribution in [0.25, 0.3) is 0 Å². The van der Waals surface area contributed by atoms with Crippen molar-refractivity contribution in [3.05, 3.63) is 59.1 Å². The van der Waals surface area contributed by atoms with Crippen LogP contribution in [0, 0.1) is 0 Å². The maximum atomic E-state index is 12.9. The molecule has 1 fully saturated rings. The standard InChI is InChI=1S/C21H20ClN3O3/c22-16-7-3-8-17(13-16)24-12-11-23(20(27)21(24)28)14-19(26)25-10-4-6-15-5-1-2-9-18(15)25/h1-3,5,7-9,13H,4,6,10-12,14H2. The number of hydrogen-bond acceptors (Lipinski definition) is 3. The molecule has 7 heteroatoms. The third-order valence-corrected chi connectivity index (χ3v) is 5.40. The first kappa shape index (κ1) is 18.5. The molecule has 2 aromatic rings. The first-order chi connectivity index (χ1) is 13.5. The molecule has 28 heavy (non-hydrogen) atoms. The van der Waals surface area contributed by atoms with Gasteiger partial charge >= 0.3 is 11.8 Å². The van der Waals surface area contributed by atoms with Gasteiger partial charge in [-0.15, -0.1) is 0 Å². The molecule has 2 heterocycles. The van der Waals surface area contributed by atoms with Gasteiger partial charge in [0, 0.05) is 36.0 Å². The van der Waals surface area contributed by atoms with Gasteiger partial charge in [0.15, 0.2) is 0 Å². The Hall–Kier alpha value is -2.86. The maximum Gasteiger partial charge on any atom is 0.316 e. The van der Waals surface area contributed by atoms with Gasteiger partial charge in [-0.25, -0.2) is 0 Å². The zero-order valence-electron chi connectivity index (χ0n) is 15.3. The fourth-order valence-electron chi connectivity index (χ4n) is 3.76. The van der Waals surface area contributed by atoms with Crippen LogP contribution in [0.5, 0.6) is 0 Å². The molecule has 0 aromatic heterocycles. The van der Waals surface area contributed by atoms with E-state index >= 15 is 0 Å². The van der Waals surface area contributed by atoms with Gasteiger partial charge < -0.3 is 14.7 Å². The molecular weight excluding hydrogens is 378 g/mol. The van der Waals surface area contributed by atoms with Crippen molar-refractivity contribution in [2.24, 2.45) is 0 Å². The molecule has 4 rings (SSSR count). The number of fused-ring (bicyclic) bond motifs is 1. The minimum Gasteiger partial charge on any atom is -0.323 e. The predicted octanol–water partition coefficient (Wildman–Crippen LogP) is 2.49. The number of carbonyl (C=O) groups excluding carboxylic acids is 3. The highest BCUT2D eigenvalue weighted by atomic mass is 35.5. The number of piperazine rings is 1. The zero-order valence-corrected chi connectivity index (χ0v) is 16.1. The molecular formula is C21H20ClN3O3. The molecule has 2 aliphatic heterocycles. The molecule has 0 spiro atoms. The molecule has 0 radical (unpaired) electrons. The molecule has 3 amide bonds. The molecule has 1 saturated heterocycles. The molecule has 0 unspecified atom stereocenters. The van der Waals surface area contributed by atoms with Crippen LogP contribution >= 0.6 is 11.6 Å². The van der Waals surface area contributed by atoms with E-state index in [1.54, 1.807) is 29.2 Å². The van der Waals surface area contributed by atoms with Gasteiger partial charge in [-0.1, -0.05) is 35.9 Å². The summed E-state index contributed by atoms with van der Waals surface area (Å²) in [7, 11) is 0. The van der Waals surface area contributed by atoms with Gasteiger partial charge in [0.05, 0.1) is 0 Å². The molecule has 2 aliphatic rings. The van der Waals surface area contributed by atoms with Crippen molar-refractivity contribution in [2.75, 3.05) is 36.0 Å². The lowest BCUT2D eigenvalue weighted by Crippen LogP contribution is -2.57. The lowest BCUT2D eigenvalue weighted by Gasteiger charge is -2.35. The minimum absolute atomic E-state index is 0.0949. The number of rotatable bonds is 3. The van der Waals surface area contributed by atoms with Crippen LogP contribution in [-0.2, 0) is 20.8 Å². The molecule has 0 saturated carbocycles. The smallest absolute Gasteiger partial charge is 0.316 e. The van der Waals surface area contributed by atoms with E-state index in [4.69, 9.17) is 11.6 Å². The summed E-state index contributed by atoms with van der Waals surface area (Å²) in [5.74, 6) is -1.46. The third kappa shape index (κ3) is 3.47. The van der Waals surface area contributed by atoms with Crippen LogP contribution in [0.2, 0.25) is 5.02 Å². The van der Waals surface area contributed by atoms with E-state index in [9.17, 15) is 14.4 Å². The number of para-hydroxylation sites is 1. The van der Waals surface area contributed by atoms with Crippen molar-refractivity contribution >= 4 is 40.7 Å². The Labute approximate surface area is 168 Å². The van der Waals surface area contributed by atoms with Crippen LogP contribution in [-0.4, -0.2) is 48.8 Å². The van der Waals surface area contributed by atoms with Crippen molar-refractivity contribution in [1.29, 1.82) is 0 Å². The fourth-order valence-corrected chi connectivity index (χ4v) is 3.94. The predicted molar refractivity (Wildman–Crippen MR) is 108 cm³/mol. The summed E-state index contributed by atoms with van der Waals surface area (Å²) in [6.07, 6.45) is 1.83. The van der Waals surface area contributed by atoms with E-state index in [1.807, 2.05) is 24.3 Å². The fraction of sp³-hybridized carbons (Fsp3) is 0.286. The molecule has 2 aromatic carbocycles. The normalized spacial score (nSPS) is 17.0. The monoisotopic (exact) mass is 397 g/mol. The maximum absolute atomic E-state index is 12.9. The Morgan fingerprint density at radius 2 is 1.79 bits per heavy atom. The number of anilines is 2. The second-order valence-electron chi connectivity index (χ2n) is 6.94. The van der Waals surface area contributed by atoms with Crippen LogP contribution in [0.4, 0.5) is 11.4 Å². The van der Waals surface area contributed by atoms with Crippen molar-refractivity contribution in [2.45, 2.75) is 12.8 Å². The summed E-state index contributed by atoms with van der Waals surface area (Å²) in [6, 6.07) is 14.7. The Balaban J connectivity index is 1.46. The molecule has 0 N–H and O–H groups in total. The molecule has 0 atom stereocenters. The highest BCUT2D eigenvalue weighted by Gasteiger charge is 2.35. The Morgan fingerprint density at radius 3 is 2.61 bits per heavy atom. The van der Waals surface area contributed by atoms with E-state index < -0.39 is 11.8 Å². The molecule has 0 bridgehead atoms. The third-order valence-electron chi connectivity index (χ3n) is 5.17. The summed E-state index contributed by atoms with van der Waals surface area (Å²) < 4.78 is 0. The Kier molecular flexibility index (Phi) is 5.05. The summed E-state index contributed by atoms with van der Waals surface area (Å²) in [4.78, 5) is 42.5. The first-order valence-electron chi connectivity index (χ1n) is 9.29. The lowest BCUT2D eigenvalue weighted by molar-refractivity contribution is -0.147. The highest BCUT2D eigenvalue weighted by Crippen LogP contribution is 2.27. The van der Waals surface area contributed by atoms with Crippen LogP contribution in [0.1, 0.15) is 12.0 Å². The van der Waals surface area contributed by atoms with Crippen LogP contribution < -0.4 is 9.80 Å². The van der Waals surface area contributed by atoms with Crippen LogP contribution in [0.3, 0.4) is 0 Å². The largest absolute Gasteiger partial charge is 0.323 e. The number of halogens is 1. The van der Waals surface area contributed by atoms with E-state index in [2.05, 4.69) is 0 Å². The summed E-state index contributed by atoms with van der Waals surface area (Å²) in [5, 5.41) is 0.499. The molecule has 0 aliphatic carbocycles. The highest BCUT2D eigenvalue weighted by molar-refractivity contribution is 6.41. The van der Waals surface area contributed by atoms with Gasteiger partial charge in [-0.2, -0.15) is 0 Å². The number of aryl methyl sites for hydroxylation is 1. The van der Waals surface area contributed by atoms with Gasteiger partial charge in [-0.05, 0) is 42.7 Å². The number of amides is 3. The summed E-state index contributed by atoms with van der Waals surface area (Å²) in [6.45, 7) is 1.16. The summed E-state index contributed by atoms with van der Waals surface area (Å²) >= 11 is 5.99. The average molecular weight is 398 g/mol. The Bertz CT molecular complexity index is 946. The van der Waals surface area contributed by atoms with Gasteiger partial charge in [-0.3, -0.25) is 14.4 Å². The van der Waals surface area contributed by atoms with Crippen molar-refractivity contribution < 1.29 is 14.4 Å². The van der Waals surface area contributed by atoms with E-state index in [-0.39, 0.29) is 12.5 Å². The van der Waals surface area contributed by atoms with E-state index in [1.165, 1.54) is 9.80 Å². The molecule has 6 nitrogen and oxygen atoms in total. The number of carbonyl (C=O) groups is 3. The number of benzene rings is 2. The van der Waals surface area contributed by atoms with Crippen molar-refractivity contribution in [3.63, 3.8) is 0 Å². The quantitative estimate of drug-likeness (QED) is 0.747. The van der Waals surface area contributed by atoms with Gasteiger partial charge in [0.25, 0.3) is 0 Å².